The molecular formula is C21H16FN3O3. The van der Waals surface area contributed by atoms with Crippen LogP contribution in [0, 0.1) is 5.82 Å². The average molecular weight is 377 g/mol. The van der Waals surface area contributed by atoms with Crippen LogP contribution in [0.5, 0.6) is 0 Å². The fraction of sp³-hybridized carbons (Fsp3) is 0.190. The maximum Gasteiger partial charge on any atom is 0.325 e. The first-order chi connectivity index (χ1) is 13.6. The summed E-state index contributed by atoms with van der Waals surface area (Å²) in [6.07, 6.45) is 2.78. The topological polar surface area (TPSA) is 75.4 Å². The second kappa shape index (κ2) is 6.02. The van der Waals surface area contributed by atoms with Crippen molar-refractivity contribution in [1.82, 2.24) is 15.2 Å². The van der Waals surface area contributed by atoms with E-state index in [0.29, 0.717) is 17.7 Å². The Morgan fingerprint density at radius 1 is 1.14 bits per heavy atom. The minimum absolute atomic E-state index is 0.0597. The van der Waals surface area contributed by atoms with Crippen molar-refractivity contribution < 1.29 is 18.4 Å². The van der Waals surface area contributed by atoms with Crippen molar-refractivity contribution in [3.05, 3.63) is 77.6 Å². The molecule has 6 nitrogen and oxygen atoms in total. The van der Waals surface area contributed by atoms with Crippen molar-refractivity contribution in [1.29, 1.82) is 0 Å². The van der Waals surface area contributed by atoms with E-state index in [1.165, 1.54) is 18.3 Å². The molecule has 0 radical (unpaired) electrons. The number of hydrogen-bond acceptors (Lipinski definition) is 4. The molecule has 5 rings (SSSR count). The molecule has 140 valence electrons. The summed E-state index contributed by atoms with van der Waals surface area (Å²) in [7, 11) is 0. The number of aromatic nitrogens is 1. The fourth-order valence-corrected chi connectivity index (χ4v) is 4.00. The Labute approximate surface area is 160 Å². The summed E-state index contributed by atoms with van der Waals surface area (Å²) >= 11 is 0. The van der Waals surface area contributed by atoms with Crippen molar-refractivity contribution in [2.45, 2.75) is 24.9 Å². The molecule has 2 aliphatic rings. The van der Waals surface area contributed by atoms with Gasteiger partial charge in [-0.05, 0) is 48.2 Å². The normalized spacial score (nSPS) is 20.7. The number of fused-ring (bicyclic) bond motifs is 2. The summed E-state index contributed by atoms with van der Waals surface area (Å²) in [5, 5.41) is 2.88. The van der Waals surface area contributed by atoms with Gasteiger partial charge >= 0.3 is 6.03 Å². The van der Waals surface area contributed by atoms with Gasteiger partial charge in [-0.2, -0.15) is 0 Å². The molecule has 7 heteroatoms. The third kappa shape index (κ3) is 2.43. The fourth-order valence-electron chi connectivity index (χ4n) is 4.00. The standard InChI is InChI=1S/C21H16FN3O3/c22-15-7-5-14(6-8-15)17-11-23-18(28-17)12-25-19(26)21(24-20(25)27)10-9-13-3-1-2-4-16(13)21/h1-8,11H,9-10,12H2,(H,24,27)/t21-/m1/s1. The van der Waals surface area contributed by atoms with Crippen molar-refractivity contribution in [2.75, 3.05) is 0 Å². The maximum atomic E-state index is 13.2. The highest BCUT2D eigenvalue weighted by atomic mass is 19.1. The SMILES string of the molecule is O=C1N[C@@]2(CCc3ccccc32)C(=O)N1Cc1ncc(-c2ccc(F)cc2)o1. The van der Waals surface area contributed by atoms with Gasteiger partial charge in [0.2, 0.25) is 5.89 Å². The van der Waals surface area contributed by atoms with Crippen LogP contribution in [0.1, 0.15) is 23.4 Å². The first kappa shape index (κ1) is 16.7. The Morgan fingerprint density at radius 3 is 2.75 bits per heavy atom. The number of halogens is 1. The van der Waals surface area contributed by atoms with Gasteiger partial charge in [-0.3, -0.25) is 9.69 Å². The summed E-state index contributed by atoms with van der Waals surface area (Å²) in [4.78, 5) is 31.0. The molecule has 1 aliphatic heterocycles. The molecule has 1 fully saturated rings. The smallest absolute Gasteiger partial charge is 0.325 e. The molecule has 1 saturated heterocycles. The van der Waals surface area contributed by atoms with Crippen LogP contribution in [-0.2, 0) is 23.3 Å². The largest absolute Gasteiger partial charge is 0.439 e. The summed E-state index contributed by atoms with van der Waals surface area (Å²) in [5.74, 6) is 0.0584. The Morgan fingerprint density at radius 2 is 1.93 bits per heavy atom. The number of imide groups is 1. The third-order valence-corrected chi connectivity index (χ3v) is 5.40. The Bertz CT molecular complexity index is 1090. The van der Waals surface area contributed by atoms with E-state index in [4.69, 9.17) is 4.42 Å². The number of aryl methyl sites for hydroxylation is 1. The van der Waals surface area contributed by atoms with Gasteiger partial charge in [0.1, 0.15) is 17.9 Å². The molecule has 3 aromatic rings. The van der Waals surface area contributed by atoms with Gasteiger partial charge in [-0.1, -0.05) is 24.3 Å². The molecule has 1 N–H and O–H groups in total. The van der Waals surface area contributed by atoms with E-state index >= 15 is 0 Å². The highest BCUT2D eigenvalue weighted by molar-refractivity contribution is 6.08. The maximum absolute atomic E-state index is 13.2. The van der Waals surface area contributed by atoms with E-state index in [9.17, 15) is 14.0 Å². The number of nitrogens with one attached hydrogen (secondary N) is 1. The van der Waals surface area contributed by atoms with Crippen LogP contribution in [0.2, 0.25) is 0 Å². The molecule has 1 aromatic heterocycles. The number of nitrogens with zero attached hydrogens (tertiary/aromatic N) is 2. The highest BCUT2D eigenvalue weighted by Crippen LogP contribution is 2.41. The zero-order valence-corrected chi connectivity index (χ0v) is 14.8. The van der Waals surface area contributed by atoms with Crippen LogP contribution in [0.15, 0.2) is 59.1 Å². The van der Waals surface area contributed by atoms with E-state index in [-0.39, 0.29) is 24.2 Å². The molecule has 0 saturated carbocycles. The quantitative estimate of drug-likeness (QED) is 0.710. The van der Waals surface area contributed by atoms with Gasteiger partial charge in [0.25, 0.3) is 5.91 Å². The van der Waals surface area contributed by atoms with E-state index < -0.39 is 11.6 Å². The number of hydrogen-bond donors (Lipinski definition) is 1. The van der Waals surface area contributed by atoms with Crippen molar-refractivity contribution >= 4 is 11.9 Å². The van der Waals surface area contributed by atoms with Crippen LogP contribution >= 0.6 is 0 Å². The van der Waals surface area contributed by atoms with Gasteiger partial charge in [-0.25, -0.2) is 14.2 Å². The molecule has 3 amide bonds. The van der Waals surface area contributed by atoms with Gasteiger partial charge in [0, 0.05) is 5.56 Å². The summed E-state index contributed by atoms with van der Waals surface area (Å²) in [5.41, 5.74) is 1.60. The third-order valence-electron chi connectivity index (χ3n) is 5.40. The molecule has 2 heterocycles. The predicted molar refractivity (Wildman–Crippen MR) is 97.4 cm³/mol. The van der Waals surface area contributed by atoms with E-state index in [0.717, 1.165) is 22.4 Å². The Kier molecular flexibility index (Phi) is 3.58. The number of benzene rings is 2. The lowest BCUT2D eigenvalue weighted by atomic mass is 9.92. The minimum atomic E-state index is -1.000. The predicted octanol–water partition coefficient (Wildman–Crippen LogP) is 3.37. The van der Waals surface area contributed by atoms with Crippen molar-refractivity contribution in [2.24, 2.45) is 0 Å². The second-order valence-corrected chi connectivity index (χ2v) is 7.01. The van der Waals surface area contributed by atoms with E-state index in [1.54, 1.807) is 12.1 Å². The number of rotatable bonds is 3. The Balaban J connectivity index is 1.40. The van der Waals surface area contributed by atoms with Gasteiger partial charge in [0.05, 0.1) is 6.20 Å². The lowest BCUT2D eigenvalue weighted by Crippen LogP contribution is -2.41. The lowest BCUT2D eigenvalue weighted by Gasteiger charge is -2.22. The molecule has 1 atom stereocenters. The number of carbonyl (C=O) groups is 2. The first-order valence-corrected chi connectivity index (χ1v) is 9.00. The molecule has 1 aliphatic carbocycles. The van der Waals surface area contributed by atoms with Gasteiger partial charge in [-0.15, -0.1) is 0 Å². The number of carbonyl (C=O) groups excluding carboxylic acids is 2. The van der Waals surface area contributed by atoms with Crippen molar-refractivity contribution in [3.63, 3.8) is 0 Å². The molecule has 0 unspecified atom stereocenters. The first-order valence-electron chi connectivity index (χ1n) is 9.00. The van der Waals surface area contributed by atoms with Crippen molar-refractivity contribution in [3.8, 4) is 11.3 Å². The van der Waals surface area contributed by atoms with E-state index in [2.05, 4.69) is 10.3 Å². The number of oxazole rings is 1. The average Bonchev–Trinajstić information content (AvgIpc) is 3.37. The van der Waals surface area contributed by atoms with Crippen LogP contribution < -0.4 is 5.32 Å². The zero-order valence-electron chi connectivity index (χ0n) is 14.8. The zero-order chi connectivity index (χ0) is 19.3. The Hall–Kier alpha value is -3.48. The molecule has 28 heavy (non-hydrogen) atoms. The molecule has 0 bridgehead atoms. The number of urea groups is 1. The number of amides is 3. The van der Waals surface area contributed by atoms with Crippen LogP contribution in [-0.4, -0.2) is 21.8 Å². The lowest BCUT2D eigenvalue weighted by molar-refractivity contribution is -0.132. The van der Waals surface area contributed by atoms with Crippen LogP contribution in [0.25, 0.3) is 11.3 Å². The second-order valence-electron chi connectivity index (χ2n) is 7.01. The highest BCUT2D eigenvalue weighted by Gasteiger charge is 2.55. The monoisotopic (exact) mass is 377 g/mol. The van der Waals surface area contributed by atoms with Gasteiger partial charge < -0.3 is 9.73 Å². The van der Waals surface area contributed by atoms with Crippen LogP contribution in [0.4, 0.5) is 9.18 Å². The van der Waals surface area contributed by atoms with E-state index in [1.807, 2.05) is 24.3 Å². The molecule has 1 spiro atoms. The summed E-state index contributed by atoms with van der Waals surface area (Å²) in [6, 6.07) is 13.0. The molecular weight excluding hydrogens is 361 g/mol. The van der Waals surface area contributed by atoms with Crippen LogP contribution in [0.3, 0.4) is 0 Å². The minimum Gasteiger partial charge on any atom is -0.439 e. The summed E-state index contributed by atoms with van der Waals surface area (Å²) < 4.78 is 18.8. The van der Waals surface area contributed by atoms with Gasteiger partial charge in [0.15, 0.2) is 5.76 Å². The molecule has 2 aromatic carbocycles. The summed E-state index contributed by atoms with van der Waals surface area (Å²) in [6.45, 7) is -0.0597.